The summed E-state index contributed by atoms with van der Waals surface area (Å²) in [5.74, 6) is -1.99. The van der Waals surface area contributed by atoms with Gasteiger partial charge in [0.1, 0.15) is 29.1 Å². The monoisotopic (exact) mass is 313 g/mol. The number of fused-ring (bicyclic) bond motifs is 1. The normalized spacial score (nSPS) is 33.6. The van der Waals surface area contributed by atoms with E-state index in [1.54, 1.807) is 34.9 Å². The van der Waals surface area contributed by atoms with Crippen molar-refractivity contribution in [3.63, 3.8) is 0 Å². The Morgan fingerprint density at radius 2 is 2.24 bits per heavy atom. The number of hydrogen-bond donors (Lipinski definition) is 0. The van der Waals surface area contributed by atoms with E-state index in [-0.39, 0.29) is 13.0 Å². The van der Waals surface area contributed by atoms with Crippen LogP contribution in [0.3, 0.4) is 0 Å². The quantitative estimate of drug-likeness (QED) is 0.442. The van der Waals surface area contributed by atoms with Gasteiger partial charge >= 0.3 is 0 Å². The molecule has 1 amide bonds. The van der Waals surface area contributed by atoms with Crippen LogP contribution < -0.4 is 9.67 Å². The summed E-state index contributed by atoms with van der Waals surface area (Å²) in [6.45, 7) is 1.32. The fourth-order valence-corrected chi connectivity index (χ4v) is 5.60. The van der Waals surface area contributed by atoms with E-state index in [9.17, 15) is 23.1 Å². The Balaban J connectivity index is 2.08. The van der Waals surface area contributed by atoms with Crippen molar-refractivity contribution in [3.8, 4) is 0 Å². The van der Waals surface area contributed by atoms with Gasteiger partial charge in [-0.2, -0.15) is 0 Å². The fraction of sp³-hybridized carbons (Fsp3) is 0.583. The average molecular weight is 313 g/mol. The molecule has 0 bridgehead atoms. The van der Waals surface area contributed by atoms with Crippen LogP contribution in [0.2, 0.25) is 0 Å². The molecule has 2 aliphatic heterocycles. The first kappa shape index (κ1) is 14.1. The Labute approximate surface area is 121 Å². The first-order chi connectivity index (χ1) is 9.68. The van der Waals surface area contributed by atoms with E-state index in [0.29, 0.717) is 0 Å². The number of imidazole rings is 1. The van der Waals surface area contributed by atoms with Crippen LogP contribution in [0.15, 0.2) is 18.7 Å². The molecular formula is C12H15N3O5S. The lowest BCUT2D eigenvalue weighted by atomic mass is 9.96. The minimum atomic E-state index is -3.79. The molecule has 21 heavy (non-hydrogen) atoms. The molecule has 1 aromatic heterocycles. The summed E-state index contributed by atoms with van der Waals surface area (Å²) in [6, 6.07) is -1.46. The molecule has 1 aromatic rings. The van der Waals surface area contributed by atoms with Crippen LogP contribution in [0.25, 0.3) is 0 Å². The predicted molar refractivity (Wildman–Crippen MR) is 67.0 cm³/mol. The molecule has 0 radical (unpaired) electrons. The summed E-state index contributed by atoms with van der Waals surface area (Å²) in [5.41, 5.74) is 0. The van der Waals surface area contributed by atoms with Crippen molar-refractivity contribution in [1.82, 2.24) is 9.47 Å². The van der Waals surface area contributed by atoms with Crippen LogP contribution in [0.1, 0.15) is 13.3 Å². The number of sulfone groups is 1. The number of carboxylic acid groups (broad SMARTS) is 1. The number of carbonyl (C=O) groups excluding carboxylic acids is 2. The molecule has 0 aromatic carbocycles. The molecule has 2 saturated heterocycles. The van der Waals surface area contributed by atoms with Crippen LogP contribution in [0.4, 0.5) is 0 Å². The Kier molecular flexibility index (Phi) is 2.72. The van der Waals surface area contributed by atoms with Crippen LogP contribution >= 0.6 is 0 Å². The first-order valence-corrected chi connectivity index (χ1v) is 7.99. The second kappa shape index (κ2) is 4.06. The third-order valence-electron chi connectivity index (χ3n) is 4.36. The standard InChI is InChI=1S/C12H15N3O5S/c1-12(6-14-4-3-13(2)7-14)10(11(17)18)15-8(16)5-9(15)21(12,19)20/h3-4,7,9-10H,5-6H2,1-2H3/t9-,10+,12+/m1/s1. The molecule has 3 rings (SSSR count). The van der Waals surface area contributed by atoms with Crippen LogP contribution in [0, 0.1) is 0 Å². The number of carbonyl (C=O) groups is 2. The summed E-state index contributed by atoms with van der Waals surface area (Å²) in [5, 5.41) is 10.4. The molecule has 8 nitrogen and oxygen atoms in total. The van der Waals surface area contributed by atoms with Gasteiger partial charge in [-0.25, -0.2) is 17.6 Å². The SMILES string of the molecule is C[n+]1ccn(C[C@@]2(C)[C@H](C(=O)[O-])N3C(=O)C[C@H]3S2(=O)=O)c1. The largest absolute Gasteiger partial charge is 0.548 e. The van der Waals surface area contributed by atoms with E-state index in [1.165, 1.54) is 6.92 Å². The highest BCUT2D eigenvalue weighted by molar-refractivity contribution is 7.93. The number of aryl methyl sites for hydroxylation is 1. The van der Waals surface area contributed by atoms with E-state index in [0.717, 1.165) is 4.90 Å². The average Bonchev–Trinajstić information content (AvgIpc) is 2.81. The van der Waals surface area contributed by atoms with Crippen molar-refractivity contribution in [2.45, 2.75) is 36.1 Å². The highest BCUT2D eigenvalue weighted by Crippen LogP contribution is 2.46. The van der Waals surface area contributed by atoms with Crippen molar-refractivity contribution in [2.24, 2.45) is 7.05 Å². The third kappa shape index (κ3) is 1.66. The second-order valence-electron chi connectivity index (χ2n) is 5.79. The summed E-state index contributed by atoms with van der Waals surface area (Å²) in [6.07, 6.45) is 4.88. The topological polar surface area (TPSA) is 103 Å². The molecule has 3 atom stereocenters. The van der Waals surface area contributed by atoms with Gasteiger partial charge in [0.2, 0.25) is 12.2 Å². The van der Waals surface area contributed by atoms with E-state index >= 15 is 0 Å². The van der Waals surface area contributed by atoms with Crippen LogP contribution in [-0.4, -0.2) is 45.9 Å². The molecule has 2 aliphatic rings. The van der Waals surface area contributed by atoms with E-state index < -0.39 is 37.9 Å². The highest BCUT2D eigenvalue weighted by atomic mass is 32.2. The Morgan fingerprint density at radius 3 is 2.71 bits per heavy atom. The predicted octanol–water partition coefficient (Wildman–Crippen LogP) is -2.82. The number of aliphatic carboxylic acids is 1. The maximum Gasteiger partial charge on any atom is 0.243 e. The van der Waals surface area contributed by atoms with Gasteiger partial charge in [0, 0.05) is 0 Å². The number of aromatic nitrogens is 2. The Morgan fingerprint density at radius 1 is 1.57 bits per heavy atom. The Bertz CT molecular complexity index is 740. The van der Waals surface area contributed by atoms with E-state index in [4.69, 9.17) is 0 Å². The first-order valence-electron chi connectivity index (χ1n) is 6.45. The van der Waals surface area contributed by atoms with Crippen molar-refractivity contribution in [3.05, 3.63) is 18.7 Å². The van der Waals surface area contributed by atoms with Crippen molar-refractivity contribution in [2.75, 3.05) is 0 Å². The maximum absolute atomic E-state index is 12.6. The maximum atomic E-state index is 12.6. The summed E-state index contributed by atoms with van der Waals surface area (Å²) < 4.78 is 27.0. The zero-order valence-electron chi connectivity index (χ0n) is 11.6. The number of nitrogens with zero attached hydrogens (tertiary/aromatic N) is 3. The van der Waals surface area contributed by atoms with Gasteiger partial charge in [-0.3, -0.25) is 4.79 Å². The molecule has 0 aliphatic carbocycles. The molecule has 2 fully saturated rings. The molecule has 3 heterocycles. The van der Waals surface area contributed by atoms with Gasteiger partial charge in [-0.15, -0.1) is 0 Å². The van der Waals surface area contributed by atoms with Gasteiger partial charge in [0.25, 0.3) is 0 Å². The lowest BCUT2D eigenvalue weighted by molar-refractivity contribution is -0.671. The molecule has 9 heteroatoms. The summed E-state index contributed by atoms with van der Waals surface area (Å²) in [4.78, 5) is 24.0. The van der Waals surface area contributed by atoms with Gasteiger partial charge in [0.05, 0.1) is 25.5 Å². The zero-order valence-corrected chi connectivity index (χ0v) is 12.4. The lowest BCUT2D eigenvalue weighted by Gasteiger charge is -2.38. The van der Waals surface area contributed by atoms with Gasteiger partial charge in [-0.05, 0) is 6.92 Å². The van der Waals surface area contributed by atoms with Gasteiger partial charge in [0.15, 0.2) is 9.84 Å². The fourth-order valence-electron chi connectivity index (χ4n) is 3.23. The van der Waals surface area contributed by atoms with Crippen LogP contribution in [0.5, 0.6) is 0 Å². The minimum Gasteiger partial charge on any atom is -0.548 e. The molecule has 0 saturated carbocycles. The Hall–Kier alpha value is -1.90. The molecule has 114 valence electrons. The smallest absolute Gasteiger partial charge is 0.243 e. The van der Waals surface area contributed by atoms with Crippen molar-refractivity contribution >= 4 is 21.7 Å². The molecule has 0 N–H and O–H groups in total. The van der Waals surface area contributed by atoms with Crippen molar-refractivity contribution < 1.29 is 27.7 Å². The molecule has 0 unspecified atom stereocenters. The zero-order chi connectivity index (χ0) is 15.6. The lowest BCUT2D eigenvalue weighted by Crippen LogP contribution is -2.61. The minimum absolute atomic E-state index is 0.0465. The summed E-state index contributed by atoms with van der Waals surface area (Å²) in [7, 11) is -2.02. The number of β-lactam (4-membered cyclic amide) rings is 1. The van der Waals surface area contributed by atoms with Crippen LogP contribution in [-0.2, 0) is 33.0 Å². The number of carboxylic acids is 1. The van der Waals surface area contributed by atoms with Crippen molar-refractivity contribution in [1.29, 1.82) is 0 Å². The highest BCUT2D eigenvalue weighted by Gasteiger charge is 2.68. The second-order valence-corrected chi connectivity index (χ2v) is 8.36. The van der Waals surface area contributed by atoms with Gasteiger partial charge in [-0.1, -0.05) is 0 Å². The number of rotatable bonds is 3. The van der Waals surface area contributed by atoms with E-state index in [1.807, 2.05) is 0 Å². The van der Waals surface area contributed by atoms with Gasteiger partial charge < -0.3 is 14.8 Å². The number of hydrogen-bond acceptors (Lipinski definition) is 5. The number of amides is 1. The molecule has 0 spiro atoms. The molecular weight excluding hydrogens is 298 g/mol. The third-order valence-corrected chi connectivity index (χ3v) is 7.12. The van der Waals surface area contributed by atoms with E-state index in [2.05, 4.69) is 0 Å². The summed E-state index contributed by atoms with van der Waals surface area (Å²) >= 11 is 0.